The molecule has 0 saturated heterocycles. The number of carbonyl (C=O) groups is 1. The quantitative estimate of drug-likeness (QED) is 0.380. The van der Waals surface area contributed by atoms with Gasteiger partial charge in [-0.15, -0.1) is 22.7 Å². The van der Waals surface area contributed by atoms with Crippen LogP contribution in [0.3, 0.4) is 0 Å². The lowest BCUT2D eigenvalue weighted by Crippen LogP contribution is -2.25. The summed E-state index contributed by atoms with van der Waals surface area (Å²) in [6, 6.07) is 22.8. The van der Waals surface area contributed by atoms with Gasteiger partial charge in [-0.05, 0) is 52.7 Å². The number of benzene rings is 2. The van der Waals surface area contributed by atoms with E-state index in [1.165, 1.54) is 11.3 Å². The molecule has 0 spiro atoms. The van der Waals surface area contributed by atoms with Crippen LogP contribution in [0.4, 0.5) is 5.69 Å². The van der Waals surface area contributed by atoms with Crippen LogP contribution in [-0.4, -0.2) is 25.0 Å². The van der Waals surface area contributed by atoms with E-state index in [0.29, 0.717) is 17.0 Å². The number of carbonyl (C=O) groups excluding carboxylic acids is 1. The number of nitrogens with zero attached hydrogens (tertiary/aromatic N) is 2. The summed E-state index contributed by atoms with van der Waals surface area (Å²) < 4.78 is 27.7. The van der Waals surface area contributed by atoms with Crippen LogP contribution in [0.5, 0.6) is 0 Å². The number of sulfonamides is 1. The van der Waals surface area contributed by atoms with Gasteiger partial charge in [-0.3, -0.25) is 9.52 Å². The first-order valence-corrected chi connectivity index (χ1v) is 13.4. The second-order valence-corrected chi connectivity index (χ2v) is 11.0. The van der Waals surface area contributed by atoms with E-state index in [2.05, 4.69) is 9.82 Å². The molecule has 33 heavy (non-hydrogen) atoms. The Kier molecular flexibility index (Phi) is 5.84. The maximum Gasteiger partial charge on any atom is 0.284 e. The van der Waals surface area contributed by atoms with Crippen LogP contribution in [0.25, 0.3) is 0 Å². The minimum Gasteiger partial charge on any atom is -0.280 e. The van der Waals surface area contributed by atoms with E-state index in [1.807, 2.05) is 41.1 Å². The molecule has 3 heterocycles. The lowest BCUT2D eigenvalue weighted by atomic mass is 10.0. The highest BCUT2D eigenvalue weighted by Crippen LogP contribution is 2.36. The number of hydrogen-bond donors (Lipinski definition) is 1. The summed E-state index contributed by atoms with van der Waals surface area (Å²) in [5.41, 5.74) is 2.10. The van der Waals surface area contributed by atoms with Gasteiger partial charge in [0.25, 0.3) is 15.9 Å². The molecule has 2 aromatic carbocycles. The predicted molar refractivity (Wildman–Crippen MR) is 132 cm³/mol. The van der Waals surface area contributed by atoms with Crippen molar-refractivity contribution in [3.8, 4) is 0 Å². The number of amides is 1. The van der Waals surface area contributed by atoms with Crippen molar-refractivity contribution >= 4 is 50.0 Å². The van der Waals surface area contributed by atoms with Crippen molar-refractivity contribution in [3.05, 3.63) is 105 Å². The van der Waals surface area contributed by atoms with Crippen LogP contribution in [0.2, 0.25) is 0 Å². The molecule has 1 N–H and O–H groups in total. The molecule has 5 rings (SSSR count). The third kappa shape index (κ3) is 4.47. The number of nitrogens with one attached hydrogen (secondary N) is 1. The molecule has 9 heteroatoms. The van der Waals surface area contributed by atoms with Crippen molar-refractivity contribution in [1.29, 1.82) is 0 Å². The summed E-state index contributed by atoms with van der Waals surface area (Å²) in [7, 11) is -3.66. The topological polar surface area (TPSA) is 78.8 Å². The Morgan fingerprint density at radius 3 is 2.30 bits per heavy atom. The van der Waals surface area contributed by atoms with E-state index in [0.717, 1.165) is 16.2 Å². The fourth-order valence-corrected chi connectivity index (χ4v) is 6.18. The zero-order valence-corrected chi connectivity index (χ0v) is 19.7. The molecule has 1 atom stereocenters. The van der Waals surface area contributed by atoms with Gasteiger partial charge in [-0.25, -0.2) is 13.4 Å². The van der Waals surface area contributed by atoms with Crippen molar-refractivity contribution in [1.82, 2.24) is 5.01 Å². The van der Waals surface area contributed by atoms with Gasteiger partial charge in [-0.1, -0.05) is 42.5 Å². The van der Waals surface area contributed by atoms with Crippen LogP contribution in [0.1, 0.15) is 32.6 Å². The minimum absolute atomic E-state index is 0.120. The summed E-state index contributed by atoms with van der Waals surface area (Å²) in [5, 5.41) is 10.1. The van der Waals surface area contributed by atoms with Crippen LogP contribution in [0, 0.1) is 0 Å². The smallest absolute Gasteiger partial charge is 0.280 e. The largest absolute Gasteiger partial charge is 0.284 e. The Hall–Kier alpha value is -3.27. The molecule has 1 amide bonds. The third-order valence-corrected chi connectivity index (χ3v) is 8.47. The van der Waals surface area contributed by atoms with Crippen LogP contribution >= 0.6 is 22.7 Å². The Labute approximate surface area is 199 Å². The lowest BCUT2D eigenvalue weighted by Gasteiger charge is -2.19. The standard InChI is InChI=1S/C24H19N3O3S3/c28-24(23-9-5-15-32-23)27-21(22-8-4-14-31-22)16-20(25-27)17-10-12-18(13-11-17)26-33(29,30)19-6-2-1-3-7-19/h1-15,21,26H,16H2. The first kappa shape index (κ1) is 21.6. The SMILES string of the molecule is O=C(c1cccs1)N1N=C(c2ccc(NS(=O)(=O)c3ccccc3)cc2)CC1c1cccs1. The zero-order valence-electron chi connectivity index (χ0n) is 17.3. The molecule has 1 unspecified atom stereocenters. The number of thiophene rings is 2. The Morgan fingerprint density at radius 2 is 1.64 bits per heavy atom. The maximum atomic E-state index is 13.1. The highest BCUT2D eigenvalue weighted by Gasteiger charge is 2.34. The van der Waals surface area contributed by atoms with E-state index < -0.39 is 10.0 Å². The highest BCUT2D eigenvalue weighted by atomic mass is 32.2. The van der Waals surface area contributed by atoms with Gasteiger partial charge in [0, 0.05) is 17.0 Å². The van der Waals surface area contributed by atoms with Crippen molar-refractivity contribution in [2.45, 2.75) is 17.4 Å². The second kappa shape index (κ2) is 8.93. The minimum atomic E-state index is -3.66. The molecular formula is C24H19N3O3S3. The highest BCUT2D eigenvalue weighted by molar-refractivity contribution is 7.92. The third-order valence-electron chi connectivity index (χ3n) is 5.25. The molecule has 0 aliphatic carbocycles. The first-order chi connectivity index (χ1) is 16.0. The Balaban J connectivity index is 1.39. The van der Waals surface area contributed by atoms with Crippen LogP contribution in [0.15, 0.2) is 99.6 Å². The first-order valence-electron chi connectivity index (χ1n) is 10.2. The fraction of sp³-hybridized carbons (Fsp3) is 0.0833. The van der Waals surface area contributed by atoms with Crippen molar-refractivity contribution in [3.63, 3.8) is 0 Å². The molecule has 0 fully saturated rings. The number of rotatable bonds is 6. The van der Waals surface area contributed by atoms with Crippen LogP contribution in [-0.2, 0) is 10.0 Å². The summed E-state index contributed by atoms with van der Waals surface area (Å²) >= 11 is 3.00. The van der Waals surface area contributed by atoms with Crippen molar-refractivity contribution in [2.75, 3.05) is 4.72 Å². The van der Waals surface area contributed by atoms with E-state index in [-0.39, 0.29) is 16.8 Å². The van der Waals surface area contributed by atoms with Gasteiger partial charge in [0.2, 0.25) is 0 Å². The molecule has 2 aromatic heterocycles. The number of hydrogen-bond acceptors (Lipinski definition) is 6. The second-order valence-electron chi connectivity index (χ2n) is 7.40. The Bertz CT molecular complexity index is 1380. The average Bonchev–Trinajstić information content (AvgIpc) is 3.61. The molecule has 1 aliphatic rings. The van der Waals surface area contributed by atoms with Gasteiger partial charge >= 0.3 is 0 Å². The van der Waals surface area contributed by atoms with Gasteiger partial charge in [0.15, 0.2) is 0 Å². The predicted octanol–water partition coefficient (Wildman–Crippen LogP) is 5.60. The monoisotopic (exact) mass is 493 g/mol. The molecule has 1 aliphatic heterocycles. The molecule has 0 bridgehead atoms. The molecule has 0 saturated carbocycles. The van der Waals surface area contributed by atoms with Gasteiger partial charge in [0.1, 0.15) is 0 Å². The molecule has 6 nitrogen and oxygen atoms in total. The summed E-state index contributed by atoms with van der Waals surface area (Å²) in [6.45, 7) is 0. The fourth-order valence-electron chi connectivity index (χ4n) is 3.63. The maximum absolute atomic E-state index is 13.1. The molecule has 166 valence electrons. The van der Waals surface area contributed by atoms with Gasteiger partial charge in [0.05, 0.1) is 21.5 Å². The van der Waals surface area contributed by atoms with E-state index >= 15 is 0 Å². The summed E-state index contributed by atoms with van der Waals surface area (Å²) in [4.78, 5) is 15.0. The molecular weight excluding hydrogens is 474 g/mol. The number of hydrazone groups is 1. The van der Waals surface area contributed by atoms with Crippen molar-refractivity contribution < 1.29 is 13.2 Å². The van der Waals surface area contributed by atoms with E-state index in [1.54, 1.807) is 64.9 Å². The van der Waals surface area contributed by atoms with Crippen molar-refractivity contribution in [2.24, 2.45) is 5.10 Å². The summed E-state index contributed by atoms with van der Waals surface area (Å²) in [6.07, 6.45) is 0.590. The Morgan fingerprint density at radius 1 is 0.909 bits per heavy atom. The lowest BCUT2D eigenvalue weighted by molar-refractivity contribution is 0.0719. The summed E-state index contributed by atoms with van der Waals surface area (Å²) in [5.74, 6) is -0.120. The molecule has 0 radical (unpaired) electrons. The van der Waals surface area contributed by atoms with Gasteiger partial charge in [-0.2, -0.15) is 5.10 Å². The normalized spacial score (nSPS) is 15.9. The van der Waals surface area contributed by atoms with Gasteiger partial charge < -0.3 is 0 Å². The number of anilines is 1. The average molecular weight is 494 g/mol. The van der Waals surface area contributed by atoms with E-state index in [4.69, 9.17) is 0 Å². The molecule has 4 aromatic rings. The van der Waals surface area contributed by atoms with E-state index in [9.17, 15) is 13.2 Å². The zero-order chi connectivity index (χ0) is 22.8. The van der Waals surface area contributed by atoms with Crippen LogP contribution < -0.4 is 4.72 Å².